The van der Waals surface area contributed by atoms with E-state index < -0.39 is 0 Å². The van der Waals surface area contributed by atoms with Gasteiger partial charge in [-0.15, -0.1) is 0 Å². The van der Waals surface area contributed by atoms with Crippen LogP contribution in [0.3, 0.4) is 0 Å². The molecule has 2 nitrogen and oxygen atoms in total. The van der Waals surface area contributed by atoms with E-state index in [-0.39, 0.29) is 5.54 Å². The molecule has 0 bridgehead atoms. The van der Waals surface area contributed by atoms with Gasteiger partial charge < -0.3 is 5.32 Å². The average Bonchev–Trinajstić information content (AvgIpc) is 2.38. The summed E-state index contributed by atoms with van der Waals surface area (Å²) < 4.78 is 0. The van der Waals surface area contributed by atoms with Crippen molar-refractivity contribution in [3.8, 4) is 0 Å². The van der Waals surface area contributed by atoms with Crippen molar-refractivity contribution in [1.82, 2.24) is 10.2 Å². The maximum atomic E-state index is 3.57. The third kappa shape index (κ3) is 6.06. The maximum Gasteiger partial charge on any atom is 0.0236 e. The molecule has 0 fully saturated rings. The van der Waals surface area contributed by atoms with Gasteiger partial charge in [0.2, 0.25) is 0 Å². The van der Waals surface area contributed by atoms with Crippen LogP contribution < -0.4 is 5.32 Å². The number of nitrogens with zero attached hydrogens (tertiary/aromatic N) is 1. The van der Waals surface area contributed by atoms with Gasteiger partial charge in [-0.3, -0.25) is 4.90 Å². The van der Waals surface area contributed by atoms with Crippen LogP contribution in [0.15, 0.2) is 24.3 Å². The molecular formula is C18H32N2. The van der Waals surface area contributed by atoms with Crippen molar-refractivity contribution in [1.29, 1.82) is 0 Å². The lowest BCUT2D eigenvalue weighted by atomic mass is 10.0. The summed E-state index contributed by atoms with van der Waals surface area (Å²) in [5.41, 5.74) is 3.13. The third-order valence-electron chi connectivity index (χ3n) is 3.93. The topological polar surface area (TPSA) is 15.3 Å². The standard InChI is InChI=1S/C18H32N2/c1-7-15(2)20(6)14-17-11-9-8-10-16(17)12-13-19-18(3,4)5/h8-11,15,19H,7,12-14H2,1-6H3. The van der Waals surface area contributed by atoms with Crippen LogP contribution in [0.25, 0.3) is 0 Å². The lowest BCUT2D eigenvalue weighted by molar-refractivity contribution is 0.243. The monoisotopic (exact) mass is 276 g/mol. The fourth-order valence-electron chi connectivity index (χ4n) is 2.26. The largest absolute Gasteiger partial charge is 0.312 e. The Labute approximate surface area is 125 Å². The molecule has 0 amide bonds. The Kier molecular flexibility index (Phi) is 6.70. The highest BCUT2D eigenvalue weighted by atomic mass is 15.1. The molecule has 0 spiro atoms. The smallest absolute Gasteiger partial charge is 0.0236 e. The Morgan fingerprint density at radius 2 is 1.75 bits per heavy atom. The molecule has 0 saturated carbocycles. The maximum absolute atomic E-state index is 3.57. The molecule has 0 aliphatic rings. The molecule has 0 aromatic heterocycles. The molecule has 0 aliphatic heterocycles. The van der Waals surface area contributed by atoms with Crippen molar-refractivity contribution < 1.29 is 0 Å². The van der Waals surface area contributed by atoms with E-state index in [1.165, 1.54) is 17.5 Å². The molecule has 114 valence electrons. The van der Waals surface area contributed by atoms with Crippen molar-refractivity contribution >= 4 is 0 Å². The van der Waals surface area contributed by atoms with E-state index in [4.69, 9.17) is 0 Å². The summed E-state index contributed by atoms with van der Waals surface area (Å²) in [4.78, 5) is 2.44. The van der Waals surface area contributed by atoms with Gasteiger partial charge in [-0.1, -0.05) is 31.2 Å². The zero-order chi connectivity index (χ0) is 15.2. The van der Waals surface area contributed by atoms with Crippen LogP contribution >= 0.6 is 0 Å². The number of nitrogens with one attached hydrogen (secondary N) is 1. The van der Waals surface area contributed by atoms with E-state index in [2.05, 4.69) is 76.1 Å². The molecule has 0 heterocycles. The summed E-state index contributed by atoms with van der Waals surface area (Å²) >= 11 is 0. The van der Waals surface area contributed by atoms with Crippen molar-refractivity contribution in [2.75, 3.05) is 13.6 Å². The minimum absolute atomic E-state index is 0.197. The molecule has 1 N–H and O–H groups in total. The molecule has 2 heteroatoms. The Bertz CT molecular complexity index is 393. The minimum Gasteiger partial charge on any atom is -0.312 e. The SMILES string of the molecule is CCC(C)N(C)Cc1ccccc1CCNC(C)(C)C. The van der Waals surface area contributed by atoms with Gasteiger partial charge in [0.1, 0.15) is 0 Å². The lowest BCUT2D eigenvalue weighted by Crippen LogP contribution is -2.37. The molecule has 1 rings (SSSR count). The number of benzene rings is 1. The summed E-state index contributed by atoms with van der Waals surface area (Å²) in [6, 6.07) is 9.48. The first-order valence-electron chi connectivity index (χ1n) is 7.85. The molecule has 1 aromatic carbocycles. The molecule has 0 aliphatic carbocycles. The molecule has 0 saturated heterocycles. The second-order valence-electron chi connectivity index (χ2n) is 6.87. The fraction of sp³-hybridized carbons (Fsp3) is 0.667. The van der Waals surface area contributed by atoms with Crippen LogP contribution in [0.1, 0.15) is 52.2 Å². The highest BCUT2D eigenvalue weighted by molar-refractivity contribution is 5.27. The van der Waals surface area contributed by atoms with Gasteiger partial charge in [0.05, 0.1) is 0 Å². The predicted molar refractivity (Wildman–Crippen MR) is 89.1 cm³/mol. The van der Waals surface area contributed by atoms with E-state index in [0.717, 1.165) is 19.5 Å². The molecule has 1 atom stereocenters. The zero-order valence-electron chi connectivity index (χ0n) is 14.2. The van der Waals surface area contributed by atoms with Crippen LogP contribution in [-0.4, -0.2) is 30.1 Å². The Morgan fingerprint density at radius 3 is 2.30 bits per heavy atom. The number of hydrogen-bond acceptors (Lipinski definition) is 2. The van der Waals surface area contributed by atoms with Crippen molar-refractivity contribution in [2.45, 2.75) is 65.6 Å². The van der Waals surface area contributed by atoms with Gasteiger partial charge in [0.15, 0.2) is 0 Å². The van der Waals surface area contributed by atoms with Crippen molar-refractivity contribution in [3.63, 3.8) is 0 Å². The van der Waals surface area contributed by atoms with Crippen LogP contribution in [0.5, 0.6) is 0 Å². The average molecular weight is 276 g/mol. The summed E-state index contributed by atoms with van der Waals surface area (Å²) in [5, 5.41) is 3.57. The van der Waals surface area contributed by atoms with Gasteiger partial charge in [0.25, 0.3) is 0 Å². The highest BCUT2D eigenvalue weighted by Gasteiger charge is 2.11. The van der Waals surface area contributed by atoms with E-state index in [9.17, 15) is 0 Å². The van der Waals surface area contributed by atoms with E-state index in [1.807, 2.05) is 0 Å². The van der Waals surface area contributed by atoms with Crippen LogP contribution in [-0.2, 0) is 13.0 Å². The van der Waals surface area contributed by atoms with Gasteiger partial charge in [-0.2, -0.15) is 0 Å². The second kappa shape index (κ2) is 7.80. The first-order valence-corrected chi connectivity index (χ1v) is 7.85. The molecule has 20 heavy (non-hydrogen) atoms. The van der Waals surface area contributed by atoms with Crippen LogP contribution in [0.4, 0.5) is 0 Å². The van der Waals surface area contributed by atoms with Crippen molar-refractivity contribution in [2.24, 2.45) is 0 Å². The van der Waals surface area contributed by atoms with Crippen molar-refractivity contribution in [3.05, 3.63) is 35.4 Å². The number of rotatable bonds is 7. The molecule has 1 aromatic rings. The van der Waals surface area contributed by atoms with Gasteiger partial charge in [-0.25, -0.2) is 0 Å². The molecule has 0 radical (unpaired) electrons. The summed E-state index contributed by atoms with van der Waals surface area (Å²) in [6.07, 6.45) is 2.30. The quantitative estimate of drug-likeness (QED) is 0.814. The van der Waals surface area contributed by atoms with E-state index in [1.54, 1.807) is 0 Å². The Balaban J connectivity index is 2.63. The number of hydrogen-bond donors (Lipinski definition) is 1. The van der Waals surface area contributed by atoms with Gasteiger partial charge >= 0.3 is 0 Å². The Morgan fingerprint density at radius 1 is 1.15 bits per heavy atom. The van der Waals surface area contributed by atoms with Crippen LogP contribution in [0.2, 0.25) is 0 Å². The van der Waals surface area contributed by atoms with E-state index in [0.29, 0.717) is 6.04 Å². The van der Waals surface area contributed by atoms with Gasteiger partial charge in [-0.05, 0) is 65.3 Å². The fourth-order valence-corrected chi connectivity index (χ4v) is 2.26. The third-order valence-corrected chi connectivity index (χ3v) is 3.93. The minimum atomic E-state index is 0.197. The zero-order valence-corrected chi connectivity index (χ0v) is 14.2. The lowest BCUT2D eigenvalue weighted by Gasteiger charge is -2.25. The second-order valence-corrected chi connectivity index (χ2v) is 6.87. The molecule has 1 unspecified atom stereocenters. The molecular weight excluding hydrogens is 244 g/mol. The van der Waals surface area contributed by atoms with Crippen LogP contribution in [0, 0.1) is 0 Å². The summed E-state index contributed by atoms with van der Waals surface area (Å²) in [5.74, 6) is 0. The van der Waals surface area contributed by atoms with Gasteiger partial charge in [0, 0.05) is 18.1 Å². The summed E-state index contributed by atoms with van der Waals surface area (Å²) in [6.45, 7) is 13.3. The first kappa shape index (κ1) is 17.2. The highest BCUT2D eigenvalue weighted by Crippen LogP contribution is 2.14. The van der Waals surface area contributed by atoms with E-state index >= 15 is 0 Å². The normalized spacial score (nSPS) is 13.8. The first-order chi connectivity index (χ1) is 9.33. The summed E-state index contributed by atoms with van der Waals surface area (Å²) in [7, 11) is 2.22. The Hall–Kier alpha value is -0.860. The predicted octanol–water partition coefficient (Wildman–Crippen LogP) is 3.85.